The topological polar surface area (TPSA) is 63.2 Å². The van der Waals surface area contributed by atoms with Crippen LogP contribution >= 0.6 is 10.7 Å². The Morgan fingerprint density at radius 3 is 2.30 bits per heavy atom. The lowest BCUT2D eigenvalue weighted by Crippen LogP contribution is -2.07. The quantitative estimate of drug-likeness (QED) is 0.885. The summed E-state index contributed by atoms with van der Waals surface area (Å²) < 4.78 is 22.7. The second kappa shape index (κ2) is 5.64. The molecule has 104 valence electrons. The fraction of sp³-hybridized carbons (Fsp3) is 0.0714. The molecule has 0 saturated carbocycles. The van der Waals surface area contributed by atoms with Gasteiger partial charge in [0.05, 0.1) is 4.90 Å². The summed E-state index contributed by atoms with van der Waals surface area (Å²) in [6.45, 7) is 1.36. The first-order valence-electron chi connectivity index (χ1n) is 5.79. The number of rotatable bonds is 3. The third kappa shape index (κ3) is 3.37. The van der Waals surface area contributed by atoms with Crippen molar-refractivity contribution >= 4 is 31.3 Å². The van der Waals surface area contributed by atoms with Gasteiger partial charge in [-0.25, -0.2) is 8.42 Å². The Labute approximate surface area is 121 Å². The normalized spacial score (nSPS) is 11.1. The third-order valence-corrected chi connectivity index (χ3v) is 4.02. The average Bonchev–Trinajstić information content (AvgIpc) is 2.38. The van der Waals surface area contributed by atoms with Crippen LogP contribution in [0.4, 0.5) is 5.69 Å². The first-order chi connectivity index (χ1) is 9.38. The number of nitrogens with one attached hydrogen (secondary N) is 1. The maximum Gasteiger partial charge on any atom is 0.261 e. The van der Waals surface area contributed by atoms with E-state index in [1.54, 1.807) is 6.07 Å². The highest BCUT2D eigenvalue weighted by molar-refractivity contribution is 8.13. The van der Waals surface area contributed by atoms with Crippen LogP contribution in [0.5, 0.6) is 0 Å². The van der Waals surface area contributed by atoms with Gasteiger partial charge in [-0.2, -0.15) is 0 Å². The van der Waals surface area contributed by atoms with Crippen LogP contribution in [0.25, 0.3) is 11.1 Å². The van der Waals surface area contributed by atoms with E-state index in [0.29, 0.717) is 5.69 Å². The first-order valence-corrected chi connectivity index (χ1v) is 8.10. The molecular formula is C14H12ClNO3S. The van der Waals surface area contributed by atoms with Crippen LogP contribution in [-0.2, 0) is 13.8 Å². The van der Waals surface area contributed by atoms with Crippen LogP contribution in [0.3, 0.4) is 0 Å². The molecule has 6 heteroatoms. The van der Waals surface area contributed by atoms with Crippen molar-refractivity contribution in [1.29, 1.82) is 0 Å². The van der Waals surface area contributed by atoms with Gasteiger partial charge in [0.25, 0.3) is 9.05 Å². The Bertz CT molecular complexity index is 742. The summed E-state index contributed by atoms with van der Waals surface area (Å²) in [6.07, 6.45) is 0. The summed E-state index contributed by atoms with van der Waals surface area (Å²) >= 11 is 0. The average molecular weight is 310 g/mol. The van der Waals surface area contributed by atoms with Crippen LogP contribution in [0, 0.1) is 0 Å². The van der Waals surface area contributed by atoms with E-state index in [-0.39, 0.29) is 10.8 Å². The minimum atomic E-state index is -3.84. The summed E-state index contributed by atoms with van der Waals surface area (Å²) in [5, 5.41) is 2.62. The lowest BCUT2D eigenvalue weighted by Gasteiger charge is -2.11. The molecule has 1 N–H and O–H groups in total. The molecule has 0 atom stereocenters. The molecule has 0 bridgehead atoms. The van der Waals surface area contributed by atoms with E-state index in [1.807, 2.05) is 30.3 Å². The minimum absolute atomic E-state index is 0.0532. The van der Waals surface area contributed by atoms with E-state index >= 15 is 0 Å². The second-order valence-electron chi connectivity index (χ2n) is 4.19. The van der Waals surface area contributed by atoms with Crippen molar-refractivity contribution < 1.29 is 13.2 Å². The zero-order valence-electron chi connectivity index (χ0n) is 10.6. The number of halogens is 1. The molecule has 0 aliphatic heterocycles. The number of anilines is 1. The van der Waals surface area contributed by atoms with Gasteiger partial charge in [-0.05, 0) is 17.7 Å². The smallest absolute Gasteiger partial charge is 0.261 e. The van der Waals surface area contributed by atoms with E-state index in [9.17, 15) is 13.2 Å². The van der Waals surface area contributed by atoms with Crippen LogP contribution in [0.15, 0.2) is 53.4 Å². The molecule has 0 fully saturated rings. The molecule has 4 nitrogen and oxygen atoms in total. The van der Waals surface area contributed by atoms with Gasteiger partial charge >= 0.3 is 0 Å². The summed E-state index contributed by atoms with van der Waals surface area (Å²) in [7, 11) is 1.49. The molecule has 0 heterocycles. The predicted octanol–water partition coefficient (Wildman–Crippen LogP) is 3.24. The predicted molar refractivity (Wildman–Crippen MR) is 79.2 cm³/mol. The molecule has 20 heavy (non-hydrogen) atoms. The van der Waals surface area contributed by atoms with E-state index < -0.39 is 9.05 Å². The molecule has 0 radical (unpaired) electrons. The van der Waals surface area contributed by atoms with Crippen LogP contribution in [-0.4, -0.2) is 14.3 Å². The Morgan fingerprint density at radius 2 is 1.75 bits per heavy atom. The zero-order valence-corrected chi connectivity index (χ0v) is 12.2. The monoisotopic (exact) mass is 309 g/mol. The summed E-state index contributed by atoms with van der Waals surface area (Å²) in [6, 6.07) is 13.7. The van der Waals surface area contributed by atoms with Crippen molar-refractivity contribution in [3.8, 4) is 11.1 Å². The van der Waals surface area contributed by atoms with E-state index in [2.05, 4.69) is 5.32 Å². The molecule has 0 aliphatic rings. The highest BCUT2D eigenvalue weighted by Crippen LogP contribution is 2.31. The molecule has 2 aromatic rings. The Hall–Kier alpha value is -1.85. The van der Waals surface area contributed by atoms with Gasteiger partial charge in [0.1, 0.15) is 0 Å². The Morgan fingerprint density at radius 1 is 1.10 bits per heavy atom. The second-order valence-corrected chi connectivity index (χ2v) is 6.76. The van der Waals surface area contributed by atoms with Crippen LogP contribution < -0.4 is 5.32 Å². The molecule has 0 saturated heterocycles. The fourth-order valence-electron chi connectivity index (χ4n) is 1.84. The van der Waals surface area contributed by atoms with Gasteiger partial charge in [-0.3, -0.25) is 4.79 Å². The molecule has 1 amide bonds. The van der Waals surface area contributed by atoms with Gasteiger partial charge in [-0.15, -0.1) is 0 Å². The van der Waals surface area contributed by atoms with Crippen molar-refractivity contribution in [2.24, 2.45) is 0 Å². The van der Waals surface area contributed by atoms with Crippen molar-refractivity contribution in [1.82, 2.24) is 0 Å². The number of benzene rings is 2. The SMILES string of the molecule is CC(=O)Nc1cc(S(=O)(=O)Cl)ccc1-c1ccccc1. The summed E-state index contributed by atoms with van der Waals surface area (Å²) in [5.74, 6) is -0.286. The van der Waals surface area contributed by atoms with Crippen LogP contribution in [0.1, 0.15) is 6.92 Å². The van der Waals surface area contributed by atoms with Gasteiger partial charge in [0.2, 0.25) is 5.91 Å². The summed E-state index contributed by atoms with van der Waals surface area (Å²) in [5.41, 5.74) is 2.00. The van der Waals surface area contributed by atoms with Gasteiger partial charge < -0.3 is 5.32 Å². The number of amides is 1. The molecule has 2 aromatic carbocycles. The number of hydrogen-bond acceptors (Lipinski definition) is 3. The van der Waals surface area contributed by atoms with E-state index in [4.69, 9.17) is 10.7 Å². The van der Waals surface area contributed by atoms with E-state index in [0.717, 1.165) is 11.1 Å². The van der Waals surface area contributed by atoms with Gasteiger partial charge in [-0.1, -0.05) is 36.4 Å². The lowest BCUT2D eigenvalue weighted by atomic mass is 10.0. The maximum atomic E-state index is 11.4. The Kier molecular flexibility index (Phi) is 4.11. The molecule has 2 rings (SSSR count). The van der Waals surface area contributed by atoms with E-state index in [1.165, 1.54) is 19.1 Å². The van der Waals surface area contributed by atoms with Crippen LogP contribution in [0.2, 0.25) is 0 Å². The highest BCUT2D eigenvalue weighted by atomic mass is 35.7. The molecule has 0 aromatic heterocycles. The molecular weight excluding hydrogens is 298 g/mol. The lowest BCUT2D eigenvalue weighted by molar-refractivity contribution is -0.114. The number of carbonyl (C=O) groups is 1. The van der Waals surface area contributed by atoms with Crippen molar-refractivity contribution in [3.63, 3.8) is 0 Å². The molecule has 0 spiro atoms. The maximum absolute atomic E-state index is 11.4. The fourth-order valence-corrected chi connectivity index (χ4v) is 2.61. The zero-order chi connectivity index (χ0) is 14.8. The first kappa shape index (κ1) is 14.6. The summed E-state index contributed by atoms with van der Waals surface area (Å²) in [4.78, 5) is 11.2. The number of carbonyl (C=O) groups excluding carboxylic acids is 1. The van der Waals surface area contributed by atoms with Crippen molar-refractivity contribution in [3.05, 3.63) is 48.5 Å². The molecule has 0 aliphatic carbocycles. The Balaban J connectivity index is 2.60. The van der Waals surface area contributed by atoms with Crippen molar-refractivity contribution in [2.75, 3.05) is 5.32 Å². The van der Waals surface area contributed by atoms with Crippen molar-refractivity contribution in [2.45, 2.75) is 11.8 Å². The molecule has 0 unspecified atom stereocenters. The largest absolute Gasteiger partial charge is 0.326 e. The highest BCUT2D eigenvalue weighted by Gasteiger charge is 2.14. The third-order valence-electron chi connectivity index (χ3n) is 2.67. The minimum Gasteiger partial charge on any atom is -0.326 e. The van der Waals surface area contributed by atoms with Gasteiger partial charge in [0.15, 0.2) is 0 Å². The number of hydrogen-bond donors (Lipinski definition) is 1. The van der Waals surface area contributed by atoms with Gasteiger partial charge in [0, 0.05) is 28.9 Å². The standard InChI is InChI=1S/C14H12ClNO3S/c1-10(17)16-14-9-12(20(15,18)19)7-8-13(14)11-5-3-2-4-6-11/h2-9H,1H3,(H,16,17).